The van der Waals surface area contributed by atoms with Gasteiger partial charge >= 0.3 is 6.18 Å². The molecule has 0 atom stereocenters. The van der Waals surface area contributed by atoms with Crippen molar-refractivity contribution in [2.24, 2.45) is 5.73 Å². The fraction of sp³-hybridized carbons (Fsp3) is 0.333. The molecule has 3 N–H and O–H groups in total. The summed E-state index contributed by atoms with van der Waals surface area (Å²) in [5, 5.41) is 2.22. The number of carbonyl (C=O) groups is 1. The lowest BCUT2D eigenvalue weighted by atomic mass is 10.1. The van der Waals surface area contributed by atoms with Crippen LogP contribution >= 0.6 is 12.2 Å². The molecule has 8 heteroatoms. The van der Waals surface area contributed by atoms with Crippen LogP contribution in [0.4, 0.5) is 17.6 Å². The Kier molecular flexibility index (Phi) is 5.43. The summed E-state index contributed by atoms with van der Waals surface area (Å²) in [6.45, 7) is -0.194. The van der Waals surface area contributed by atoms with Gasteiger partial charge in [-0.1, -0.05) is 24.4 Å². The summed E-state index contributed by atoms with van der Waals surface area (Å²) in [6, 6.07) is 3.95. The van der Waals surface area contributed by atoms with Crippen LogP contribution < -0.4 is 11.1 Å². The predicted molar refractivity (Wildman–Crippen MR) is 69.4 cm³/mol. The second-order valence-electron chi connectivity index (χ2n) is 4.06. The van der Waals surface area contributed by atoms with Crippen LogP contribution in [-0.4, -0.2) is 17.1 Å². The van der Waals surface area contributed by atoms with Gasteiger partial charge in [0.05, 0.1) is 6.42 Å². The Bertz CT molecular complexity index is 517. The Hall–Kier alpha value is -1.70. The molecule has 0 fully saturated rings. The highest BCUT2D eigenvalue weighted by atomic mass is 32.1. The summed E-state index contributed by atoms with van der Waals surface area (Å²) in [4.78, 5) is 11.2. The number of halogens is 4. The molecule has 0 aliphatic carbocycles. The van der Waals surface area contributed by atoms with Gasteiger partial charge < -0.3 is 11.1 Å². The molecule has 0 aromatic heterocycles. The molecule has 0 saturated carbocycles. The predicted octanol–water partition coefficient (Wildman–Crippen LogP) is 2.42. The van der Waals surface area contributed by atoms with Gasteiger partial charge in [0.2, 0.25) is 5.91 Å². The molecule has 1 amide bonds. The van der Waals surface area contributed by atoms with E-state index < -0.39 is 30.7 Å². The van der Waals surface area contributed by atoms with E-state index in [4.69, 9.17) is 5.73 Å². The number of nitrogens with one attached hydrogen (secondary N) is 1. The standard InChI is InChI=1S/C12H12F4N2OS/c13-9-5-7(11(17)20)1-2-8(9)6-18-10(19)3-4-12(14,15)16/h1-2,5H,3-4,6H2,(H2,17,20)(H,18,19). The first-order valence-corrected chi connectivity index (χ1v) is 6.01. The van der Waals surface area contributed by atoms with Crippen LogP contribution in [0, 0.1) is 5.82 Å². The van der Waals surface area contributed by atoms with Gasteiger partial charge in [-0.15, -0.1) is 0 Å². The van der Waals surface area contributed by atoms with E-state index in [1.54, 1.807) is 0 Å². The van der Waals surface area contributed by atoms with E-state index in [0.717, 1.165) is 6.07 Å². The quantitative estimate of drug-likeness (QED) is 0.649. The molecular formula is C12H12F4N2OS. The van der Waals surface area contributed by atoms with Gasteiger partial charge in [-0.25, -0.2) is 4.39 Å². The fourth-order valence-corrected chi connectivity index (χ4v) is 1.51. The molecular weight excluding hydrogens is 296 g/mol. The molecule has 0 unspecified atom stereocenters. The van der Waals surface area contributed by atoms with Crippen molar-refractivity contribution in [3.8, 4) is 0 Å². The number of amides is 1. The first kappa shape index (κ1) is 16.4. The number of thiocarbonyl (C=S) groups is 1. The molecule has 0 saturated heterocycles. The number of hydrogen-bond acceptors (Lipinski definition) is 2. The molecule has 1 rings (SSSR count). The maximum atomic E-state index is 13.6. The summed E-state index contributed by atoms with van der Waals surface area (Å²) in [5.74, 6) is -1.42. The van der Waals surface area contributed by atoms with Crippen LogP contribution in [0.3, 0.4) is 0 Å². The van der Waals surface area contributed by atoms with Crippen LogP contribution in [0.5, 0.6) is 0 Å². The normalized spacial score (nSPS) is 11.2. The lowest BCUT2D eigenvalue weighted by Crippen LogP contribution is -2.25. The average molecular weight is 308 g/mol. The second kappa shape index (κ2) is 6.65. The van der Waals surface area contributed by atoms with Crippen LogP contribution in [0.2, 0.25) is 0 Å². The van der Waals surface area contributed by atoms with Gasteiger partial charge in [0.1, 0.15) is 10.8 Å². The minimum Gasteiger partial charge on any atom is -0.389 e. The zero-order chi connectivity index (χ0) is 15.3. The topological polar surface area (TPSA) is 55.1 Å². The maximum Gasteiger partial charge on any atom is 0.389 e. The molecule has 0 heterocycles. The summed E-state index contributed by atoms with van der Waals surface area (Å²) < 4.78 is 49.3. The van der Waals surface area contributed by atoms with Gasteiger partial charge in [-0.05, 0) is 6.07 Å². The number of hydrogen-bond donors (Lipinski definition) is 2. The summed E-state index contributed by atoms with van der Waals surface area (Å²) in [7, 11) is 0. The molecule has 0 aliphatic heterocycles. The van der Waals surface area contributed by atoms with Crippen molar-refractivity contribution in [1.29, 1.82) is 0 Å². The van der Waals surface area contributed by atoms with Gasteiger partial charge in [0.25, 0.3) is 0 Å². The summed E-state index contributed by atoms with van der Waals surface area (Å²) in [5.41, 5.74) is 5.81. The van der Waals surface area contributed by atoms with Gasteiger partial charge in [-0.3, -0.25) is 4.79 Å². The molecule has 0 aliphatic rings. The van der Waals surface area contributed by atoms with Crippen LogP contribution in [-0.2, 0) is 11.3 Å². The van der Waals surface area contributed by atoms with E-state index >= 15 is 0 Å². The van der Waals surface area contributed by atoms with Crippen molar-refractivity contribution in [1.82, 2.24) is 5.32 Å². The van der Waals surface area contributed by atoms with E-state index in [-0.39, 0.29) is 17.1 Å². The third kappa shape index (κ3) is 5.52. The molecule has 0 spiro atoms. The molecule has 20 heavy (non-hydrogen) atoms. The highest BCUT2D eigenvalue weighted by molar-refractivity contribution is 7.80. The van der Waals surface area contributed by atoms with Gasteiger partial charge in [0, 0.05) is 24.1 Å². The highest BCUT2D eigenvalue weighted by Gasteiger charge is 2.27. The van der Waals surface area contributed by atoms with Crippen molar-refractivity contribution in [3.05, 3.63) is 35.1 Å². The van der Waals surface area contributed by atoms with E-state index in [9.17, 15) is 22.4 Å². The average Bonchev–Trinajstić information content (AvgIpc) is 2.33. The number of rotatable bonds is 5. The lowest BCUT2D eigenvalue weighted by Gasteiger charge is -2.09. The molecule has 110 valence electrons. The Balaban J connectivity index is 2.54. The first-order valence-electron chi connectivity index (χ1n) is 5.61. The highest BCUT2D eigenvalue weighted by Crippen LogP contribution is 2.21. The minimum atomic E-state index is -4.39. The van der Waals surface area contributed by atoms with Gasteiger partial charge in [0.15, 0.2) is 0 Å². The number of nitrogens with two attached hydrogens (primary N) is 1. The maximum absolute atomic E-state index is 13.6. The zero-order valence-corrected chi connectivity index (χ0v) is 11.1. The second-order valence-corrected chi connectivity index (χ2v) is 4.50. The zero-order valence-electron chi connectivity index (χ0n) is 10.3. The number of alkyl halides is 3. The van der Waals surface area contributed by atoms with Crippen molar-refractivity contribution in [2.75, 3.05) is 0 Å². The lowest BCUT2D eigenvalue weighted by molar-refractivity contribution is -0.144. The van der Waals surface area contributed by atoms with E-state index in [1.807, 2.05) is 0 Å². The largest absolute Gasteiger partial charge is 0.389 e. The molecule has 0 radical (unpaired) electrons. The summed E-state index contributed by atoms with van der Waals surface area (Å²) >= 11 is 4.68. The van der Waals surface area contributed by atoms with Crippen LogP contribution in [0.15, 0.2) is 18.2 Å². The SMILES string of the molecule is NC(=S)c1ccc(CNC(=O)CCC(F)(F)F)c(F)c1. The summed E-state index contributed by atoms with van der Waals surface area (Å²) in [6.07, 6.45) is -6.28. The van der Waals surface area contributed by atoms with E-state index in [1.165, 1.54) is 12.1 Å². The Labute approximate surface area is 118 Å². The number of benzene rings is 1. The van der Waals surface area contributed by atoms with Crippen LogP contribution in [0.25, 0.3) is 0 Å². The number of carbonyl (C=O) groups excluding carboxylic acids is 1. The first-order chi connectivity index (χ1) is 9.19. The van der Waals surface area contributed by atoms with Crippen molar-refractivity contribution >= 4 is 23.1 Å². The molecule has 1 aromatic carbocycles. The van der Waals surface area contributed by atoms with Crippen molar-refractivity contribution < 1.29 is 22.4 Å². The smallest absolute Gasteiger partial charge is 0.389 e. The third-order valence-electron chi connectivity index (χ3n) is 2.45. The Morgan fingerprint density at radius 1 is 1.35 bits per heavy atom. The molecule has 0 bridgehead atoms. The van der Waals surface area contributed by atoms with Gasteiger partial charge in [-0.2, -0.15) is 13.2 Å². The van der Waals surface area contributed by atoms with Crippen molar-refractivity contribution in [3.63, 3.8) is 0 Å². The Morgan fingerprint density at radius 2 is 2.00 bits per heavy atom. The van der Waals surface area contributed by atoms with E-state index in [2.05, 4.69) is 17.5 Å². The Morgan fingerprint density at radius 3 is 2.50 bits per heavy atom. The fourth-order valence-electron chi connectivity index (χ4n) is 1.38. The monoisotopic (exact) mass is 308 g/mol. The van der Waals surface area contributed by atoms with Crippen LogP contribution in [0.1, 0.15) is 24.0 Å². The minimum absolute atomic E-state index is 0.0321. The van der Waals surface area contributed by atoms with Crippen molar-refractivity contribution in [2.45, 2.75) is 25.6 Å². The molecule has 3 nitrogen and oxygen atoms in total. The van der Waals surface area contributed by atoms with E-state index in [0.29, 0.717) is 5.56 Å². The third-order valence-corrected chi connectivity index (χ3v) is 2.68. The molecule has 1 aromatic rings.